The third kappa shape index (κ3) is 2.62. The molecule has 0 aliphatic heterocycles. The monoisotopic (exact) mass is 235 g/mol. The van der Waals surface area contributed by atoms with Gasteiger partial charge >= 0.3 is 0 Å². The summed E-state index contributed by atoms with van der Waals surface area (Å²) in [6.45, 7) is 0.525. The van der Waals surface area contributed by atoms with E-state index in [0.717, 1.165) is 12.1 Å². The van der Waals surface area contributed by atoms with Crippen LogP contribution in [0.4, 0.5) is 8.78 Å². The number of nitrogens with one attached hydrogen (secondary N) is 1. The lowest BCUT2D eigenvalue weighted by atomic mass is 10.1. The van der Waals surface area contributed by atoms with Crippen LogP contribution in [0, 0.1) is 11.6 Å². The van der Waals surface area contributed by atoms with Gasteiger partial charge in [-0.2, -0.15) is 0 Å². The third-order valence-corrected chi connectivity index (χ3v) is 2.26. The van der Waals surface area contributed by atoms with E-state index >= 15 is 0 Å². The smallest absolute Gasteiger partial charge is 0.159 e. The molecule has 0 saturated heterocycles. The van der Waals surface area contributed by atoms with Crippen molar-refractivity contribution in [2.75, 3.05) is 7.05 Å². The summed E-state index contributed by atoms with van der Waals surface area (Å²) in [5.41, 5.74) is 1.10. The Bertz CT molecular complexity index is 529. The predicted molar refractivity (Wildman–Crippen MR) is 60.1 cm³/mol. The van der Waals surface area contributed by atoms with Gasteiger partial charge in [0.05, 0.1) is 12.2 Å². The maximum atomic E-state index is 13.1. The maximum absolute atomic E-state index is 13.1. The van der Waals surface area contributed by atoms with Gasteiger partial charge in [0, 0.05) is 11.8 Å². The molecular weight excluding hydrogens is 224 g/mol. The van der Waals surface area contributed by atoms with Crippen molar-refractivity contribution >= 4 is 0 Å². The Balaban J connectivity index is 2.38. The first-order valence-electron chi connectivity index (χ1n) is 5.12. The van der Waals surface area contributed by atoms with Crippen LogP contribution in [-0.2, 0) is 6.54 Å². The zero-order valence-electron chi connectivity index (χ0n) is 9.24. The van der Waals surface area contributed by atoms with Crippen LogP contribution in [0.1, 0.15) is 5.82 Å². The molecule has 0 aliphatic rings. The molecule has 1 aromatic carbocycles. The van der Waals surface area contributed by atoms with Crippen molar-refractivity contribution in [1.29, 1.82) is 0 Å². The molecule has 0 atom stereocenters. The van der Waals surface area contributed by atoms with Crippen LogP contribution in [-0.4, -0.2) is 17.0 Å². The van der Waals surface area contributed by atoms with Gasteiger partial charge in [-0.15, -0.1) is 0 Å². The van der Waals surface area contributed by atoms with E-state index in [1.807, 2.05) is 0 Å². The standard InChI is InChI=1S/C12H11F2N3/c1-15-7-12-16-5-4-11(17-12)8-2-3-9(13)10(14)6-8/h2-6,15H,7H2,1H3. The zero-order valence-corrected chi connectivity index (χ0v) is 9.24. The van der Waals surface area contributed by atoms with E-state index < -0.39 is 11.6 Å². The Morgan fingerprint density at radius 3 is 2.71 bits per heavy atom. The Morgan fingerprint density at radius 2 is 2.00 bits per heavy atom. The molecule has 17 heavy (non-hydrogen) atoms. The Labute approximate surface area is 97.5 Å². The minimum Gasteiger partial charge on any atom is -0.313 e. The first-order valence-corrected chi connectivity index (χ1v) is 5.12. The first-order chi connectivity index (χ1) is 8.20. The summed E-state index contributed by atoms with van der Waals surface area (Å²) in [6.07, 6.45) is 1.59. The Hall–Kier alpha value is -1.88. The molecule has 1 aromatic heterocycles. The summed E-state index contributed by atoms with van der Waals surface area (Å²) in [6, 6.07) is 5.36. The van der Waals surface area contributed by atoms with E-state index in [9.17, 15) is 8.78 Å². The molecule has 88 valence electrons. The first kappa shape index (κ1) is 11.6. The van der Waals surface area contributed by atoms with Crippen LogP contribution in [0.2, 0.25) is 0 Å². The molecule has 2 aromatic rings. The minimum absolute atomic E-state index is 0.525. The second kappa shape index (κ2) is 4.97. The van der Waals surface area contributed by atoms with Gasteiger partial charge in [0.1, 0.15) is 5.82 Å². The second-order valence-corrected chi connectivity index (χ2v) is 3.52. The molecule has 0 bridgehead atoms. The number of benzene rings is 1. The molecular formula is C12H11F2N3. The van der Waals surface area contributed by atoms with Crippen LogP contribution in [0.15, 0.2) is 30.5 Å². The molecule has 0 aliphatic carbocycles. The highest BCUT2D eigenvalue weighted by atomic mass is 19.2. The van der Waals surface area contributed by atoms with Crippen molar-refractivity contribution in [2.45, 2.75) is 6.54 Å². The van der Waals surface area contributed by atoms with Gasteiger partial charge in [0.25, 0.3) is 0 Å². The van der Waals surface area contributed by atoms with Crippen LogP contribution in [0.3, 0.4) is 0 Å². The third-order valence-electron chi connectivity index (χ3n) is 2.26. The average Bonchev–Trinajstić information content (AvgIpc) is 2.33. The minimum atomic E-state index is -0.878. The van der Waals surface area contributed by atoms with Crippen LogP contribution in [0.5, 0.6) is 0 Å². The molecule has 0 spiro atoms. The van der Waals surface area contributed by atoms with E-state index in [1.165, 1.54) is 6.07 Å². The van der Waals surface area contributed by atoms with Gasteiger partial charge in [0.15, 0.2) is 11.6 Å². The lowest BCUT2D eigenvalue weighted by molar-refractivity contribution is 0.509. The molecule has 1 N–H and O–H groups in total. The van der Waals surface area contributed by atoms with Crippen molar-refractivity contribution in [1.82, 2.24) is 15.3 Å². The van der Waals surface area contributed by atoms with E-state index in [1.54, 1.807) is 19.3 Å². The summed E-state index contributed by atoms with van der Waals surface area (Å²) in [5, 5.41) is 2.92. The normalized spacial score (nSPS) is 10.5. The van der Waals surface area contributed by atoms with Crippen molar-refractivity contribution in [3.8, 4) is 11.3 Å². The molecule has 0 radical (unpaired) electrons. The van der Waals surface area contributed by atoms with Crippen molar-refractivity contribution in [2.24, 2.45) is 0 Å². The SMILES string of the molecule is CNCc1nccc(-c2ccc(F)c(F)c2)n1. The lowest BCUT2D eigenvalue weighted by Gasteiger charge is -2.04. The van der Waals surface area contributed by atoms with Crippen LogP contribution >= 0.6 is 0 Å². The van der Waals surface area contributed by atoms with Gasteiger partial charge in [-0.1, -0.05) is 0 Å². The Kier molecular flexibility index (Phi) is 3.39. The van der Waals surface area contributed by atoms with Gasteiger partial charge in [-0.25, -0.2) is 18.7 Å². The second-order valence-electron chi connectivity index (χ2n) is 3.52. The number of halogens is 2. The van der Waals surface area contributed by atoms with E-state index in [2.05, 4.69) is 15.3 Å². The highest BCUT2D eigenvalue weighted by molar-refractivity contribution is 5.58. The highest BCUT2D eigenvalue weighted by Crippen LogP contribution is 2.19. The molecule has 5 heteroatoms. The van der Waals surface area contributed by atoms with Gasteiger partial charge in [0.2, 0.25) is 0 Å². The summed E-state index contributed by atoms with van der Waals surface area (Å²) in [4.78, 5) is 8.29. The fourth-order valence-electron chi connectivity index (χ4n) is 1.46. The maximum Gasteiger partial charge on any atom is 0.159 e. The number of hydrogen-bond donors (Lipinski definition) is 1. The molecule has 3 nitrogen and oxygen atoms in total. The zero-order chi connectivity index (χ0) is 12.3. The number of rotatable bonds is 3. The topological polar surface area (TPSA) is 37.8 Å². The predicted octanol–water partition coefficient (Wildman–Crippen LogP) is 2.14. The molecule has 0 saturated carbocycles. The number of nitrogens with zero attached hydrogens (tertiary/aromatic N) is 2. The van der Waals surface area contributed by atoms with Crippen LogP contribution in [0.25, 0.3) is 11.3 Å². The average molecular weight is 235 g/mol. The van der Waals surface area contributed by atoms with Crippen LogP contribution < -0.4 is 5.32 Å². The summed E-state index contributed by atoms with van der Waals surface area (Å²) in [5.74, 6) is -1.13. The molecule has 0 unspecified atom stereocenters. The molecule has 0 fully saturated rings. The van der Waals surface area contributed by atoms with Gasteiger partial charge < -0.3 is 5.32 Å². The largest absolute Gasteiger partial charge is 0.313 e. The lowest BCUT2D eigenvalue weighted by Crippen LogP contribution is -2.09. The fraction of sp³-hybridized carbons (Fsp3) is 0.167. The molecule has 0 amide bonds. The van der Waals surface area contributed by atoms with Crippen molar-refractivity contribution in [3.05, 3.63) is 47.9 Å². The number of hydrogen-bond acceptors (Lipinski definition) is 3. The Morgan fingerprint density at radius 1 is 1.18 bits per heavy atom. The quantitative estimate of drug-likeness (QED) is 0.885. The van der Waals surface area contributed by atoms with Gasteiger partial charge in [-0.05, 0) is 31.3 Å². The summed E-state index contributed by atoms with van der Waals surface area (Å²) >= 11 is 0. The van der Waals surface area contributed by atoms with E-state index in [0.29, 0.717) is 23.6 Å². The number of aromatic nitrogens is 2. The fourth-order valence-corrected chi connectivity index (χ4v) is 1.46. The summed E-state index contributed by atoms with van der Waals surface area (Å²) in [7, 11) is 1.79. The highest BCUT2D eigenvalue weighted by Gasteiger charge is 2.06. The van der Waals surface area contributed by atoms with E-state index in [4.69, 9.17) is 0 Å². The molecule has 1 heterocycles. The van der Waals surface area contributed by atoms with Gasteiger partial charge in [-0.3, -0.25) is 0 Å². The van der Waals surface area contributed by atoms with Crippen molar-refractivity contribution < 1.29 is 8.78 Å². The summed E-state index contributed by atoms with van der Waals surface area (Å²) < 4.78 is 25.9. The van der Waals surface area contributed by atoms with E-state index in [-0.39, 0.29) is 0 Å². The van der Waals surface area contributed by atoms with Crippen molar-refractivity contribution in [3.63, 3.8) is 0 Å². The molecule has 2 rings (SSSR count).